The Morgan fingerprint density at radius 1 is 1.69 bits per heavy atom. The normalized spacial score (nSPS) is 11.2. The minimum Gasteiger partial charge on any atom is -0.245 e. The molecule has 0 aliphatic heterocycles. The average molecular weight is 218 g/mol. The Hall–Kier alpha value is -0.810. The van der Waals surface area contributed by atoms with E-state index in [9.17, 15) is 4.79 Å². The largest absolute Gasteiger partial charge is 0.352 e. The number of alkyl halides is 1. The Kier molecular flexibility index (Phi) is 2.13. The van der Waals surface area contributed by atoms with Crippen LogP contribution in [0.4, 0.5) is 0 Å². The third kappa shape index (κ3) is 1.19. The highest BCUT2D eigenvalue weighted by atomic mass is 35.5. The zero-order chi connectivity index (χ0) is 9.42. The van der Waals surface area contributed by atoms with E-state index in [1.165, 1.54) is 16.0 Å². The maximum absolute atomic E-state index is 11.6. The Labute approximate surface area is 83.4 Å². The van der Waals surface area contributed by atoms with Crippen LogP contribution < -0.4 is 5.69 Å². The Morgan fingerprint density at radius 3 is 3.08 bits per heavy atom. The highest BCUT2D eigenvalue weighted by Gasteiger charge is 2.10. The predicted molar refractivity (Wildman–Crippen MR) is 52.6 cm³/mol. The summed E-state index contributed by atoms with van der Waals surface area (Å²) in [7, 11) is 0. The summed E-state index contributed by atoms with van der Waals surface area (Å²) in [5.41, 5.74) is 0.837. The van der Waals surface area contributed by atoms with Crippen LogP contribution in [0.2, 0.25) is 0 Å². The third-order valence-electron chi connectivity index (χ3n) is 1.87. The van der Waals surface area contributed by atoms with Gasteiger partial charge in [0.15, 0.2) is 0 Å². The lowest BCUT2D eigenvalue weighted by Gasteiger charge is -1.90. The molecule has 13 heavy (non-hydrogen) atoms. The summed E-state index contributed by atoms with van der Waals surface area (Å²) in [6.45, 7) is 2.01. The van der Waals surface area contributed by atoms with Crippen LogP contribution in [-0.2, 0) is 12.4 Å². The van der Waals surface area contributed by atoms with E-state index < -0.39 is 0 Å². The van der Waals surface area contributed by atoms with Crippen LogP contribution in [0.3, 0.4) is 0 Å². The van der Waals surface area contributed by atoms with E-state index in [1.54, 1.807) is 4.40 Å². The summed E-state index contributed by atoms with van der Waals surface area (Å²) in [4.78, 5) is 12.3. The molecule has 0 radical (unpaired) electrons. The van der Waals surface area contributed by atoms with Gasteiger partial charge in [-0.25, -0.2) is 9.20 Å². The van der Waals surface area contributed by atoms with Crippen LogP contribution >= 0.6 is 22.9 Å². The van der Waals surface area contributed by atoms with Crippen molar-refractivity contribution in [3.05, 3.63) is 21.6 Å². The average Bonchev–Trinajstić information content (AvgIpc) is 2.66. The Bertz CT molecular complexity index is 483. The first-order valence-electron chi connectivity index (χ1n) is 3.89. The number of halogens is 1. The summed E-state index contributed by atoms with van der Waals surface area (Å²) in [6, 6.07) is 0.108. The van der Waals surface area contributed by atoms with E-state index in [-0.39, 0.29) is 11.7 Å². The van der Waals surface area contributed by atoms with Gasteiger partial charge in [-0.15, -0.1) is 28.0 Å². The molecule has 0 bridgehead atoms. The fraction of sp³-hybridized carbons (Fsp3) is 0.429. The van der Waals surface area contributed by atoms with E-state index in [0.717, 1.165) is 12.1 Å². The van der Waals surface area contributed by atoms with Gasteiger partial charge in [0.1, 0.15) is 6.00 Å². The van der Waals surface area contributed by atoms with Crippen molar-refractivity contribution in [3.8, 4) is 0 Å². The molecule has 0 N–H and O–H groups in total. The molecule has 0 atom stereocenters. The first kappa shape index (κ1) is 8.77. The molecule has 2 rings (SSSR count). The molecule has 2 aromatic rings. The Morgan fingerprint density at radius 2 is 2.46 bits per heavy atom. The molecule has 0 saturated heterocycles. The van der Waals surface area contributed by atoms with Crippen molar-refractivity contribution in [3.63, 3.8) is 0 Å². The lowest BCUT2D eigenvalue weighted by atomic mass is 10.4. The number of rotatable bonds is 2. The fourth-order valence-corrected chi connectivity index (χ4v) is 2.32. The fourth-order valence-electron chi connectivity index (χ4n) is 1.20. The highest BCUT2D eigenvalue weighted by molar-refractivity contribution is 7.15. The molecule has 0 amide bonds. The first-order chi connectivity index (χ1) is 6.27. The lowest BCUT2D eigenvalue weighted by molar-refractivity contribution is 0.707. The van der Waals surface area contributed by atoms with E-state index in [1.807, 2.05) is 12.3 Å². The van der Waals surface area contributed by atoms with Crippen molar-refractivity contribution < 1.29 is 0 Å². The lowest BCUT2D eigenvalue weighted by Crippen LogP contribution is -2.20. The zero-order valence-corrected chi connectivity index (χ0v) is 8.60. The number of nitrogens with zero attached hydrogens (tertiary/aromatic N) is 3. The minimum atomic E-state index is -0.150. The molecule has 6 heteroatoms. The second kappa shape index (κ2) is 3.16. The van der Waals surface area contributed by atoms with Gasteiger partial charge in [0.25, 0.3) is 0 Å². The minimum absolute atomic E-state index is 0.108. The van der Waals surface area contributed by atoms with Crippen LogP contribution in [0.1, 0.15) is 12.6 Å². The summed E-state index contributed by atoms with van der Waals surface area (Å²) in [5, 5.41) is 6.00. The van der Waals surface area contributed by atoms with Crippen LogP contribution in [0, 0.1) is 0 Å². The number of aryl methyl sites for hydroxylation is 1. The Balaban J connectivity index is 2.80. The SMILES string of the molecule is CCc1csc2nn(CCl)c(=O)n12. The van der Waals surface area contributed by atoms with Gasteiger partial charge in [-0.05, 0) is 6.42 Å². The molecule has 0 fully saturated rings. The number of hydrogen-bond acceptors (Lipinski definition) is 3. The molecule has 0 spiro atoms. The monoisotopic (exact) mass is 217 g/mol. The second-order valence-corrected chi connectivity index (χ2v) is 3.68. The standard InChI is InChI=1S/C7H8ClN3OS/c1-2-5-3-13-6-9-10(4-8)7(12)11(5)6/h3H,2,4H2,1H3. The smallest absolute Gasteiger partial charge is 0.245 e. The number of fused-ring (bicyclic) bond motifs is 1. The summed E-state index contributed by atoms with van der Waals surface area (Å²) >= 11 is 7.01. The second-order valence-electron chi connectivity index (χ2n) is 2.60. The van der Waals surface area contributed by atoms with Crippen LogP contribution in [0.15, 0.2) is 10.2 Å². The molecule has 0 unspecified atom stereocenters. The number of hydrogen-bond donors (Lipinski definition) is 0. The highest BCUT2D eigenvalue weighted by Crippen LogP contribution is 2.12. The van der Waals surface area contributed by atoms with Crippen LogP contribution in [-0.4, -0.2) is 14.2 Å². The van der Waals surface area contributed by atoms with E-state index in [0.29, 0.717) is 4.96 Å². The van der Waals surface area contributed by atoms with Gasteiger partial charge < -0.3 is 0 Å². The summed E-state index contributed by atoms with van der Waals surface area (Å²) in [5.74, 6) is 0. The third-order valence-corrected chi connectivity index (χ3v) is 2.96. The molecule has 0 aromatic carbocycles. The van der Waals surface area contributed by atoms with Gasteiger partial charge in [0.05, 0.1) is 0 Å². The van der Waals surface area contributed by atoms with Crippen molar-refractivity contribution in [1.82, 2.24) is 14.2 Å². The van der Waals surface area contributed by atoms with Gasteiger partial charge in [0.2, 0.25) is 4.96 Å². The summed E-state index contributed by atoms with van der Waals surface area (Å²) in [6.07, 6.45) is 0.827. The quantitative estimate of drug-likeness (QED) is 0.712. The molecule has 2 aromatic heterocycles. The van der Waals surface area contributed by atoms with Crippen molar-refractivity contribution in [2.45, 2.75) is 19.3 Å². The molecule has 0 aliphatic carbocycles. The molecule has 70 valence electrons. The maximum atomic E-state index is 11.6. The number of thiazole rings is 1. The zero-order valence-electron chi connectivity index (χ0n) is 7.03. The van der Waals surface area contributed by atoms with E-state index in [2.05, 4.69) is 5.10 Å². The van der Waals surface area contributed by atoms with Crippen molar-refractivity contribution in [2.24, 2.45) is 0 Å². The van der Waals surface area contributed by atoms with Crippen molar-refractivity contribution in [1.29, 1.82) is 0 Å². The van der Waals surface area contributed by atoms with Crippen molar-refractivity contribution >= 4 is 27.9 Å². The van der Waals surface area contributed by atoms with Gasteiger partial charge in [-0.3, -0.25) is 0 Å². The molecular formula is C7H8ClN3OS. The van der Waals surface area contributed by atoms with Crippen molar-refractivity contribution in [2.75, 3.05) is 0 Å². The molecular weight excluding hydrogens is 210 g/mol. The number of aromatic nitrogens is 3. The van der Waals surface area contributed by atoms with E-state index >= 15 is 0 Å². The van der Waals surface area contributed by atoms with Crippen LogP contribution in [0.25, 0.3) is 4.96 Å². The van der Waals surface area contributed by atoms with Gasteiger partial charge in [-0.2, -0.15) is 4.68 Å². The van der Waals surface area contributed by atoms with E-state index in [4.69, 9.17) is 11.6 Å². The summed E-state index contributed by atoms with van der Waals surface area (Å²) < 4.78 is 2.86. The van der Waals surface area contributed by atoms with Gasteiger partial charge in [0, 0.05) is 11.1 Å². The molecule has 4 nitrogen and oxygen atoms in total. The molecule has 0 saturated carbocycles. The molecule has 0 aliphatic rings. The maximum Gasteiger partial charge on any atom is 0.352 e. The van der Waals surface area contributed by atoms with Gasteiger partial charge >= 0.3 is 5.69 Å². The van der Waals surface area contributed by atoms with Crippen LogP contribution in [0.5, 0.6) is 0 Å². The van der Waals surface area contributed by atoms with Gasteiger partial charge in [-0.1, -0.05) is 6.92 Å². The first-order valence-corrected chi connectivity index (χ1v) is 5.31. The molecule has 2 heterocycles. The topological polar surface area (TPSA) is 39.3 Å². The predicted octanol–water partition coefficient (Wildman–Crippen LogP) is 1.32.